The van der Waals surface area contributed by atoms with Crippen molar-refractivity contribution in [2.45, 2.75) is 19.3 Å². The van der Waals surface area contributed by atoms with Crippen LogP contribution < -0.4 is 4.90 Å². The summed E-state index contributed by atoms with van der Waals surface area (Å²) in [7, 11) is 0. The van der Waals surface area contributed by atoms with E-state index >= 15 is 0 Å². The molecule has 0 amide bonds. The van der Waals surface area contributed by atoms with E-state index in [0.29, 0.717) is 0 Å². The predicted molar refractivity (Wildman–Crippen MR) is 230 cm³/mol. The van der Waals surface area contributed by atoms with E-state index in [4.69, 9.17) is 0 Å². The molecule has 0 saturated heterocycles. The molecule has 0 heterocycles. The normalized spacial score (nSPS) is 12.8. The molecule has 0 aliphatic heterocycles. The van der Waals surface area contributed by atoms with Gasteiger partial charge in [-0.3, -0.25) is 0 Å². The average molecular weight is 690 g/mol. The second-order valence-electron chi connectivity index (χ2n) is 15.0. The van der Waals surface area contributed by atoms with Crippen molar-refractivity contribution in [3.63, 3.8) is 0 Å². The molecule has 9 aromatic rings. The van der Waals surface area contributed by atoms with Crippen molar-refractivity contribution in [3.05, 3.63) is 211 Å². The van der Waals surface area contributed by atoms with Gasteiger partial charge < -0.3 is 4.90 Å². The molecular formula is C53H39N. The quantitative estimate of drug-likeness (QED) is 0.168. The van der Waals surface area contributed by atoms with E-state index in [1.807, 2.05) is 0 Å². The van der Waals surface area contributed by atoms with Crippen LogP contribution in [0.3, 0.4) is 0 Å². The Morgan fingerprint density at radius 3 is 1.59 bits per heavy atom. The van der Waals surface area contributed by atoms with Crippen LogP contribution in [0.15, 0.2) is 200 Å². The molecule has 0 N–H and O–H groups in total. The summed E-state index contributed by atoms with van der Waals surface area (Å²) in [5.41, 5.74) is 16.1. The fraction of sp³-hybridized carbons (Fsp3) is 0.0566. The van der Waals surface area contributed by atoms with Gasteiger partial charge in [0, 0.05) is 22.4 Å². The van der Waals surface area contributed by atoms with Crippen molar-refractivity contribution in [2.75, 3.05) is 4.90 Å². The third kappa shape index (κ3) is 5.32. The maximum absolute atomic E-state index is 2.44. The second-order valence-corrected chi connectivity index (χ2v) is 15.0. The number of anilines is 3. The van der Waals surface area contributed by atoms with Crippen LogP contribution in [0.4, 0.5) is 17.1 Å². The lowest BCUT2D eigenvalue weighted by atomic mass is 9.82. The Morgan fingerprint density at radius 1 is 0.352 bits per heavy atom. The second kappa shape index (κ2) is 12.8. The van der Waals surface area contributed by atoms with E-state index in [9.17, 15) is 0 Å². The number of hydrogen-bond acceptors (Lipinski definition) is 1. The topological polar surface area (TPSA) is 3.24 Å². The van der Waals surface area contributed by atoms with Crippen LogP contribution in [-0.2, 0) is 5.41 Å². The molecule has 1 heteroatoms. The summed E-state index contributed by atoms with van der Waals surface area (Å²) in [6.45, 7) is 4.71. The molecule has 0 spiro atoms. The molecule has 1 aliphatic carbocycles. The molecule has 9 aromatic carbocycles. The van der Waals surface area contributed by atoms with Gasteiger partial charge in [0.05, 0.1) is 5.69 Å². The first kappa shape index (κ1) is 32.0. The van der Waals surface area contributed by atoms with Gasteiger partial charge in [0.2, 0.25) is 0 Å². The first-order chi connectivity index (χ1) is 26.5. The van der Waals surface area contributed by atoms with Gasteiger partial charge in [-0.2, -0.15) is 0 Å². The third-order valence-corrected chi connectivity index (χ3v) is 11.5. The zero-order valence-corrected chi connectivity index (χ0v) is 30.5. The van der Waals surface area contributed by atoms with Gasteiger partial charge in [-0.15, -0.1) is 0 Å². The summed E-state index contributed by atoms with van der Waals surface area (Å²) < 4.78 is 0. The predicted octanol–water partition coefficient (Wildman–Crippen LogP) is 14.8. The van der Waals surface area contributed by atoms with Crippen LogP contribution in [0.5, 0.6) is 0 Å². The highest BCUT2D eigenvalue weighted by molar-refractivity contribution is 5.98. The van der Waals surface area contributed by atoms with Gasteiger partial charge in [0.15, 0.2) is 0 Å². The summed E-state index contributed by atoms with van der Waals surface area (Å²) in [4.78, 5) is 2.44. The molecule has 0 bridgehead atoms. The Bertz CT molecular complexity index is 2820. The monoisotopic (exact) mass is 689 g/mol. The molecule has 256 valence electrons. The number of rotatable bonds is 6. The highest BCUT2D eigenvalue weighted by Gasteiger charge is 2.37. The fourth-order valence-electron chi connectivity index (χ4n) is 8.65. The lowest BCUT2D eigenvalue weighted by Crippen LogP contribution is -2.16. The van der Waals surface area contributed by atoms with Crippen LogP contribution in [0.25, 0.3) is 66.1 Å². The van der Waals surface area contributed by atoms with Crippen LogP contribution in [-0.4, -0.2) is 0 Å². The van der Waals surface area contributed by atoms with Crippen molar-refractivity contribution < 1.29 is 0 Å². The summed E-state index contributed by atoms with van der Waals surface area (Å²) >= 11 is 0. The van der Waals surface area contributed by atoms with Gasteiger partial charge in [-0.25, -0.2) is 0 Å². The minimum Gasteiger partial charge on any atom is -0.310 e. The van der Waals surface area contributed by atoms with Crippen LogP contribution >= 0.6 is 0 Å². The van der Waals surface area contributed by atoms with Crippen LogP contribution in [0.2, 0.25) is 0 Å². The number of nitrogens with zero attached hydrogens (tertiary/aromatic N) is 1. The summed E-state index contributed by atoms with van der Waals surface area (Å²) in [5, 5.41) is 5.01. The van der Waals surface area contributed by atoms with Gasteiger partial charge in [0.25, 0.3) is 0 Å². The van der Waals surface area contributed by atoms with Crippen LogP contribution in [0, 0.1) is 0 Å². The maximum atomic E-state index is 2.44. The third-order valence-electron chi connectivity index (χ3n) is 11.5. The van der Waals surface area contributed by atoms with Crippen molar-refractivity contribution >= 4 is 38.6 Å². The van der Waals surface area contributed by atoms with Crippen molar-refractivity contribution in [3.8, 4) is 44.5 Å². The van der Waals surface area contributed by atoms with E-state index < -0.39 is 0 Å². The van der Waals surface area contributed by atoms with Crippen molar-refractivity contribution in [2.24, 2.45) is 0 Å². The van der Waals surface area contributed by atoms with E-state index in [0.717, 1.165) is 11.4 Å². The summed E-state index contributed by atoms with van der Waals surface area (Å²) in [6.07, 6.45) is 0. The molecule has 0 unspecified atom stereocenters. The zero-order chi connectivity index (χ0) is 36.2. The first-order valence-corrected chi connectivity index (χ1v) is 18.8. The Labute approximate surface area is 317 Å². The standard InChI is InChI=1S/C53H39N/c1-53(2)49-19-9-8-17-48(49)52-50(53)20-11-21-51(52)54(45-32-28-39(29-33-45)47-18-10-15-38-14-6-7-16-46(38)47)44-30-26-37(27-31-44)41-23-25-42-34-40(22-24-43(42)35-41)36-12-4-3-5-13-36/h3-35H,1-2H3. The zero-order valence-electron chi connectivity index (χ0n) is 30.5. The molecular weight excluding hydrogens is 651 g/mol. The molecule has 54 heavy (non-hydrogen) atoms. The largest absolute Gasteiger partial charge is 0.310 e. The lowest BCUT2D eigenvalue weighted by molar-refractivity contribution is 0.660. The molecule has 0 aromatic heterocycles. The van der Waals surface area contributed by atoms with E-state index in [-0.39, 0.29) is 5.41 Å². The number of benzene rings is 9. The molecule has 1 aliphatic rings. The molecule has 0 fully saturated rings. The molecule has 0 radical (unpaired) electrons. The Balaban J connectivity index is 1.07. The maximum Gasteiger partial charge on any atom is 0.0543 e. The Morgan fingerprint density at radius 2 is 0.870 bits per heavy atom. The van der Waals surface area contributed by atoms with Crippen molar-refractivity contribution in [1.29, 1.82) is 0 Å². The fourth-order valence-corrected chi connectivity index (χ4v) is 8.65. The van der Waals surface area contributed by atoms with E-state index in [1.165, 1.54) is 82.9 Å². The molecule has 10 rings (SSSR count). The van der Waals surface area contributed by atoms with Gasteiger partial charge >= 0.3 is 0 Å². The average Bonchev–Trinajstić information content (AvgIpc) is 3.47. The molecule has 0 atom stereocenters. The number of fused-ring (bicyclic) bond motifs is 5. The Kier molecular flexibility index (Phi) is 7.56. The lowest BCUT2D eigenvalue weighted by Gasteiger charge is -2.29. The minimum absolute atomic E-state index is 0.0897. The van der Waals surface area contributed by atoms with E-state index in [1.54, 1.807) is 0 Å². The minimum atomic E-state index is -0.0897. The van der Waals surface area contributed by atoms with Gasteiger partial charge in [-0.1, -0.05) is 172 Å². The summed E-state index contributed by atoms with van der Waals surface area (Å²) in [5.74, 6) is 0. The highest BCUT2D eigenvalue weighted by Crippen LogP contribution is 2.54. The Hall–Kier alpha value is -6.70. The van der Waals surface area contributed by atoms with Gasteiger partial charge in [0.1, 0.15) is 0 Å². The number of hydrogen-bond donors (Lipinski definition) is 0. The molecule has 1 nitrogen and oxygen atoms in total. The SMILES string of the molecule is CC1(C)c2ccccc2-c2c(N(c3ccc(-c4ccc5cc(-c6ccccc6)ccc5c4)cc3)c3ccc(-c4cccc5ccccc45)cc3)cccc21. The van der Waals surface area contributed by atoms with E-state index in [2.05, 4.69) is 219 Å². The molecule has 0 saturated carbocycles. The van der Waals surface area contributed by atoms with Gasteiger partial charge in [-0.05, 0) is 114 Å². The summed E-state index contributed by atoms with van der Waals surface area (Å²) in [6, 6.07) is 73.4. The van der Waals surface area contributed by atoms with Crippen LogP contribution in [0.1, 0.15) is 25.0 Å². The van der Waals surface area contributed by atoms with Crippen molar-refractivity contribution in [1.82, 2.24) is 0 Å². The smallest absolute Gasteiger partial charge is 0.0543 e. The first-order valence-electron chi connectivity index (χ1n) is 18.8. The highest BCUT2D eigenvalue weighted by atomic mass is 15.1.